The molecule has 1 aliphatic rings. The molecule has 33 heavy (non-hydrogen) atoms. The first-order chi connectivity index (χ1) is 15.8. The second-order valence-corrected chi connectivity index (χ2v) is 11.4. The van der Waals surface area contributed by atoms with Crippen LogP contribution in [0.5, 0.6) is 0 Å². The van der Waals surface area contributed by atoms with Crippen molar-refractivity contribution in [2.45, 2.75) is 31.3 Å². The number of ketones is 1. The van der Waals surface area contributed by atoms with Crippen molar-refractivity contribution in [3.8, 4) is 5.69 Å². The molecule has 0 saturated carbocycles. The van der Waals surface area contributed by atoms with E-state index < -0.39 is 9.84 Å². The van der Waals surface area contributed by atoms with Crippen LogP contribution in [0, 0.1) is 13.8 Å². The van der Waals surface area contributed by atoms with Gasteiger partial charge < -0.3 is 4.57 Å². The fourth-order valence-electron chi connectivity index (χ4n) is 4.51. The van der Waals surface area contributed by atoms with Crippen LogP contribution in [0.3, 0.4) is 0 Å². The highest BCUT2D eigenvalue weighted by Crippen LogP contribution is 2.31. The number of aromatic nitrogens is 5. The largest absolute Gasteiger partial charge is 0.344 e. The van der Waals surface area contributed by atoms with Crippen molar-refractivity contribution in [1.29, 1.82) is 0 Å². The van der Waals surface area contributed by atoms with Gasteiger partial charge in [-0.2, -0.15) is 5.10 Å². The molecule has 0 spiro atoms. The Labute approximate surface area is 196 Å². The van der Waals surface area contributed by atoms with E-state index in [4.69, 9.17) is 0 Å². The Kier molecular flexibility index (Phi) is 5.57. The Morgan fingerprint density at radius 2 is 1.97 bits per heavy atom. The molecular weight excluding hydrogens is 458 g/mol. The highest BCUT2D eigenvalue weighted by atomic mass is 32.2. The summed E-state index contributed by atoms with van der Waals surface area (Å²) in [6, 6.07) is 11.5. The van der Waals surface area contributed by atoms with Crippen molar-refractivity contribution < 1.29 is 13.2 Å². The summed E-state index contributed by atoms with van der Waals surface area (Å²) in [4.78, 5) is 21.9. The molecule has 1 saturated heterocycles. The molecule has 3 aromatic heterocycles. The number of hydrogen-bond donors (Lipinski definition) is 0. The number of carbonyl (C=O) groups excluding carboxylic acids is 1. The van der Waals surface area contributed by atoms with Crippen LogP contribution in [0.2, 0.25) is 0 Å². The van der Waals surface area contributed by atoms with Crippen LogP contribution in [-0.4, -0.2) is 55.8 Å². The number of sulfone groups is 1. The maximum Gasteiger partial charge on any atom is 0.174 e. The SMILES string of the molecule is Cc1cc(C(=O)CSc2ncnc3c2cnn3-c2ccccc2)c(C)n1C1CCS(=O)(=O)C1. The van der Waals surface area contributed by atoms with Gasteiger partial charge in [-0.25, -0.2) is 23.1 Å². The van der Waals surface area contributed by atoms with E-state index in [0.29, 0.717) is 22.7 Å². The number of hydrogen-bond acceptors (Lipinski definition) is 7. The van der Waals surface area contributed by atoms with Crippen LogP contribution in [-0.2, 0) is 9.84 Å². The van der Waals surface area contributed by atoms with Crippen molar-refractivity contribution in [2.75, 3.05) is 17.3 Å². The molecule has 1 unspecified atom stereocenters. The third kappa shape index (κ3) is 4.08. The van der Waals surface area contributed by atoms with Gasteiger partial charge in [0, 0.05) is 23.0 Å². The van der Waals surface area contributed by atoms with E-state index >= 15 is 0 Å². The predicted octanol–water partition coefficient (Wildman–Crippen LogP) is 3.57. The summed E-state index contributed by atoms with van der Waals surface area (Å²) in [5, 5.41) is 5.95. The Hall–Kier alpha value is -2.98. The van der Waals surface area contributed by atoms with E-state index in [1.807, 2.05) is 54.8 Å². The van der Waals surface area contributed by atoms with Crippen molar-refractivity contribution in [3.63, 3.8) is 0 Å². The van der Waals surface area contributed by atoms with Gasteiger partial charge in [0.2, 0.25) is 0 Å². The minimum absolute atomic E-state index is 0.0117. The van der Waals surface area contributed by atoms with Crippen molar-refractivity contribution in [2.24, 2.45) is 0 Å². The monoisotopic (exact) mass is 481 g/mol. The smallest absolute Gasteiger partial charge is 0.174 e. The van der Waals surface area contributed by atoms with E-state index in [-0.39, 0.29) is 29.1 Å². The number of para-hydroxylation sites is 1. The molecule has 0 radical (unpaired) electrons. The van der Waals surface area contributed by atoms with Gasteiger partial charge in [0.1, 0.15) is 11.4 Å². The lowest BCUT2D eigenvalue weighted by Crippen LogP contribution is -2.14. The van der Waals surface area contributed by atoms with Crippen LogP contribution < -0.4 is 0 Å². The third-order valence-electron chi connectivity index (χ3n) is 6.03. The lowest BCUT2D eigenvalue weighted by molar-refractivity contribution is 0.102. The van der Waals surface area contributed by atoms with Gasteiger partial charge in [0.25, 0.3) is 0 Å². The number of thioether (sulfide) groups is 1. The molecule has 170 valence electrons. The lowest BCUT2D eigenvalue weighted by atomic mass is 10.2. The first-order valence-electron chi connectivity index (χ1n) is 10.6. The van der Waals surface area contributed by atoms with Gasteiger partial charge in [0.15, 0.2) is 21.3 Å². The van der Waals surface area contributed by atoms with E-state index in [1.54, 1.807) is 10.9 Å². The molecule has 0 N–H and O–H groups in total. The van der Waals surface area contributed by atoms with E-state index in [2.05, 4.69) is 15.1 Å². The molecule has 0 aliphatic carbocycles. The van der Waals surface area contributed by atoms with Crippen LogP contribution >= 0.6 is 11.8 Å². The zero-order valence-electron chi connectivity index (χ0n) is 18.3. The summed E-state index contributed by atoms with van der Waals surface area (Å²) in [6.45, 7) is 3.82. The van der Waals surface area contributed by atoms with Crippen LogP contribution in [0.25, 0.3) is 16.7 Å². The fourth-order valence-corrected chi connectivity index (χ4v) is 7.05. The highest BCUT2D eigenvalue weighted by molar-refractivity contribution is 8.00. The minimum atomic E-state index is -3.01. The second kappa shape index (κ2) is 8.42. The number of carbonyl (C=O) groups is 1. The molecule has 8 nitrogen and oxygen atoms in total. The van der Waals surface area contributed by atoms with Gasteiger partial charge in [-0.15, -0.1) is 0 Å². The molecule has 1 atom stereocenters. The van der Waals surface area contributed by atoms with Gasteiger partial charge in [-0.05, 0) is 38.5 Å². The Morgan fingerprint density at radius 1 is 1.18 bits per heavy atom. The third-order valence-corrected chi connectivity index (χ3v) is 8.78. The molecule has 1 fully saturated rings. The van der Waals surface area contributed by atoms with Crippen LogP contribution in [0.15, 0.2) is 53.9 Å². The number of nitrogens with zero attached hydrogens (tertiary/aromatic N) is 5. The number of aryl methyl sites for hydroxylation is 1. The minimum Gasteiger partial charge on any atom is -0.344 e. The molecule has 0 bridgehead atoms. The van der Waals surface area contributed by atoms with E-state index in [0.717, 1.165) is 22.5 Å². The second-order valence-electron chi connectivity index (χ2n) is 8.23. The van der Waals surface area contributed by atoms with Gasteiger partial charge >= 0.3 is 0 Å². The number of benzene rings is 1. The van der Waals surface area contributed by atoms with Gasteiger partial charge in [-0.3, -0.25) is 4.79 Å². The molecule has 1 aliphatic heterocycles. The van der Waals surface area contributed by atoms with Gasteiger partial charge in [0.05, 0.1) is 34.5 Å². The molecule has 4 aromatic rings. The average Bonchev–Trinajstić information content (AvgIpc) is 3.47. The molecule has 0 amide bonds. The van der Waals surface area contributed by atoms with Gasteiger partial charge in [-0.1, -0.05) is 30.0 Å². The normalized spacial score (nSPS) is 17.6. The Morgan fingerprint density at radius 3 is 2.70 bits per heavy atom. The summed E-state index contributed by atoms with van der Waals surface area (Å²) in [5.41, 5.74) is 3.96. The summed E-state index contributed by atoms with van der Waals surface area (Å²) < 4.78 is 27.6. The zero-order chi connectivity index (χ0) is 23.2. The molecular formula is C23H23N5O3S2. The topological polar surface area (TPSA) is 99.7 Å². The Bertz CT molecular complexity index is 1460. The molecule has 5 rings (SSSR count). The molecule has 4 heterocycles. The van der Waals surface area contributed by atoms with Crippen LogP contribution in [0.1, 0.15) is 34.2 Å². The predicted molar refractivity (Wildman–Crippen MR) is 128 cm³/mol. The maximum absolute atomic E-state index is 13.1. The summed E-state index contributed by atoms with van der Waals surface area (Å²) >= 11 is 1.36. The van der Waals surface area contributed by atoms with Crippen molar-refractivity contribution >= 4 is 38.4 Å². The maximum atomic E-state index is 13.1. The van der Waals surface area contributed by atoms with E-state index in [1.165, 1.54) is 18.1 Å². The summed E-state index contributed by atoms with van der Waals surface area (Å²) in [7, 11) is -3.01. The quantitative estimate of drug-likeness (QED) is 0.236. The first kappa shape index (κ1) is 21.8. The van der Waals surface area contributed by atoms with Crippen LogP contribution in [0.4, 0.5) is 0 Å². The van der Waals surface area contributed by atoms with Crippen molar-refractivity contribution in [1.82, 2.24) is 24.3 Å². The zero-order valence-corrected chi connectivity index (χ0v) is 19.9. The fraction of sp³-hybridized carbons (Fsp3) is 0.304. The first-order valence-corrected chi connectivity index (χ1v) is 13.4. The average molecular weight is 482 g/mol. The standard InChI is InChI=1S/C23H23N5O3S2/c1-15-10-19(16(2)27(15)18-8-9-33(30,31)13-18)21(29)12-32-23-20-11-26-28(22(20)24-14-25-23)17-6-4-3-5-7-17/h3-7,10-11,14,18H,8-9,12-13H2,1-2H3. The number of Topliss-reactive ketones (excluding diaryl/α,β-unsaturated/α-hetero) is 1. The molecule has 10 heteroatoms. The highest BCUT2D eigenvalue weighted by Gasteiger charge is 2.31. The molecule has 1 aromatic carbocycles. The van der Waals surface area contributed by atoms with E-state index in [9.17, 15) is 13.2 Å². The number of fused-ring (bicyclic) bond motifs is 1. The lowest BCUT2D eigenvalue weighted by Gasteiger charge is -2.16. The summed E-state index contributed by atoms with van der Waals surface area (Å²) in [6.07, 6.45) is 3.80. The number of rotatable bonds is 6. The van der Waals surface area contributed by atoms with Crippen molar-refractivity contribution in [3.05, 3.63) is 65.9 Å². The summed E-state index contributed by atoms with van der Waals surface area (Å²) in [5.74, 6) is 0.544. The Balaban J connectivity index is 1.37.